The van der Waals surface area contributed by atoms with Crippen molar-refractivity contribution in [3.05, 3.63) is 14.9 Å². The third kappa shape index (κ3) is 3.43. The zero-order valence-electron chi connectivity index (χ0n) is 8.20. The predicted octanol–water partition coefficient (Wildman–Crippen LogP) is 2.74. The molecule has 1 unspecified atom stereocenters. The van der Waals surface area contributed by atoms with Crippen LogP contribution < -0.4 is 4.72 Å². The van der Waals surface area contributed by atoms with Crippen molar-refractivity contribution in [3.63, 3.8) is 0 Å². The second-order valence-electron chi connectivity index (χ2n) is 3.07. The first-order valence-electron chi connectivity index (χ1n) is 4.21. The Balaban J connectivity index is 2.91. The Kier molecular flexibility index (Phi) is 4.76. The number of hydrogen-bond donors (Lipinski definition) is 1. The average Bonchev–Trinajstić information content (AvgIpc) is 2.47. The van der Waals surface area contributed by atoms with Crippen molar-refractivity contribution in [1.82, 2.24) is 4.72 Å². The first-order valence-corrected chi connectivity index (χ1v) is 7.68. The van der Waals surface area contributed by atoms with E-state index in [9.17, 15) is 8.42 Å². The lowest BCUT2D eigenvalue weighted by molar-refractivity contribution is 0.565. The average molecular weight is 344 g/mol. The van der Waals surface area contributed by atoms with E-state index in [1.807, 2.05) is 6.07 Å². The first kappa shape index (κ1) is 13.9. The van der Waals surface area contributed by atoms with Gasteiger partial charge in [-0.1, -0.05) is 11.6 Å². The van der Waals surface area contributed by atoms with Crippen LogP contribution in [0, 0.1) is 11.3 Å². The Labute approximate surface area is 111 Å². The van der Waals surface area contributed by atoms with Crippen LogP contribution >= 0.6 is 38.9 Å². The van der Waals surface area contributed by atoms with E-state index in [1.165, 1.54) is 6.07 Å². The summed E-state index contributed by atoms with van der Waals surface area (Å²) in [7, 11) is -3.58. The second-order valence-corrected chi connectivity index (χ2v) is 7.79. The van der Waals surface area contributed by atoms with Gasteiger partial charge in [-0.2, -0.15) is 5.26 Å². The largest absolute Gasteiger partial charge is 0.250 e. The summed E-state index contributed by atoms with van der Waals surface area (Å²) in [6, 6.07) is 2.85. The van der Waals surface area contributed by atoms with E-state index in [2.05, 4.69) is 20.7 Å². The maximum atomic E-state index is 11.8. The van der Waals surface area contributed by atoms with E-state index in [4.69, 9.17) is 16.9 Å². The molecule has 8 heteroatoms. The summed E-state index contributed by atoms with van der Waals surface area (Å²) in [5.74, 6) is 0. The van der Waals surface area contributed by atoms with Gasteiger partial charge in [0.1, 0.15) is 4.21 Å². The molecule has 0 saturated carbocycles. The van der Waals surface area contributed by atoms with Crippen LogP contribution in [0.3, 0.4) is 0 Å². The van der Waals surface area contributed by atoms with Crippen molar-refractivity contribution in [2.24, 2.45) is 0 Å². The fraction of sp³-hybridized carbons (Fsp3) is 0.375. The molecule has 0 spiro atoms. The van der Waals surface area contributed by atoms with Crippen molar-refractivity contribution < 1.29 is 8.42 Å². The minimum atomic E-state index is -3.58. The molecule has 1 atom stereocenters. The topological polar surface area (TPSA) is 70.0 Å². The van der Waals surface area contributed by atoms with Gasteiger partial charge in [0.25, 0.3) is 0 Å². The number of thiophene rings is 1. The highest BCUT2D eigenvalue weighted by Crippen LogP contribution is 2.34. The van der Waals surface area contributed by atoms with Crippen LogP contribution in [0.15, 0.2) is 14.1 Å². The maximum absolute atomic E-state index is 11.8. The third-order valence-electron chi connectivity index (χ3n) is 1.64. The molecule has 0 amide bonds. The molecule has 16 heavy (non-hydrogen) atoms. The fourth-order valence-electron chi connectivity index (χ4n) is 0.961. The van der Waals surface area contributed by atoms with E-state index in [0.29, 0.717) is 8.81 Å². The quantitative estimate of drug-likeness (QED) is 0.914. The van der Waals surface area contributed by atoms with E-state index in [-0.39, 0.29) is 10.6 Å². The highest BCUT2D eigenvalue weighted by molar-refractivity contribution is 9.11. The molecule has 0 fully saturated rings. The van der Waals surface area contributed by atoms with E-state index >= 15 is 0 Å². The van der Waals surface area contributed by atoms with Gasteiger partial charge in [0.2, 0.25) is 10.0 Å². The lowest BCUT2D eigenvalue weighted by Gasteiger charge is -2.08. The lowest BCUT2D eigenvalue weighted by Crippen LogP contribution is -2.31. The smallest absolute Gasteiger partial charge is 0.207 e. The Morgan fingerprint density at radius 2 is 2.38 bits per heavy atom. The maximum Gasteiger partial charge on any atom is 0.250 e. The van der Waals surface area contributed by atoms with Crippen molar-refractivity contribution in [2.75, 3.05) is 0 Å². The molecule has 0 radical (unpaired) electrons. The summed E-state index contributed by atoms with van der Waals surface area (Å²) in [6.45, 7) is 1.63. The Morgan fingerprint density at radius 1 is 1.75 bits per heavy atom. The minimum absolute atomic E-state index is 0.125. The molecule has 0 bridgehead atoms. The van der Waals surface area contributed by atoms with Gasteiger partial charge in [-0.05, 0) is 28.9 Å². The molecule has 0 saturated heterocycles. The second kappa shape index (κ2) is 5.47. The van der Waals surface area contributed by atoms with Gasteiger partial charge in [-0.25, -0.2) is 13.1 Å². The number of halogens is 2. The summed E-state index contributed by atoms with van der Waals surface area (Å²) in [6.07, 6.45) is 0.125. The highest BCUT2D eigenvalue weighted by Gasteiger charge is 2.20. The first-order chi connectivity index (χ1) is 7.36. The van der Waals surface area contributed by atoms with E-state index in [0.717, 1.165) is 11.3 Å². The van der Waals surface area contributed by atoms with Crippen LogP contribution in [0.5, 0.6) is 0 Å². The molecule has 0 aromatic carbocycles. The Morgan fingerprint density at radius 3 is 2.81 bits per heavy atom. The van der Waals surface area contributed by atoms with Crippen LogP contribution in [-0.4, -0.2) is 14.5 Å². The summed E-state index contributed by atoms with van der Waals surface area (Å²) < 4.78 is 26.7. The van der Waals surface area contributed by atoms with Crippen LogP contribution in [-0.2, 0) is 10.0 Å². The lowest BCUT2D eigenvalue weighted by atomic mass is 10.3. The third-order valence-corrected chi connectivity index (χ3v) is 6.18. The number of rotatable bonds is 4. The number of hydrogen-bond acceptors (Lipinski definition) is 4. The van der Waals surface area contributed by atoms with Crippen molar-refractivity contribution in [3.8, 4) is 6.07 Å². The van der Waals surface area contributed by atoms with Crippen LogP contribution in [0.1, 0.15) is 13.3 Å². The number of sulfonamides is 1. The van der Waals surface area contributed by atoms with Gasteiger partial charge in [-0.3, -0.25) is 0 Å². The van der Waals surface area contributed by atoms with Crippen LogP contribution in [0.2, 0.25) is 5.02 Å². The van der Waals surface area contributed by atoms with Gasteiger partial charge >= 0.3 is 0 Å². The molecule has 1 aromatic rings. The molecule has 0 aliphatic rings. The summed E-state index contributed by atoms with van der Waals surface area (Å²) >= 11 is 9.93. The predicted molar refractivity (Wildman–Crippen MR) is 67.0 cm³/mol. The van der Waals surface area contributed by atoms with E-state index in [1.54, 1.807) is 6.92 Å². The van der Waals surface area contributed by atoms with Crippen molar-refractivity contribution in [1.29, 1.82) is 5.26 Å². The van der Waals surface area contributed by atoms with Gasteiger partial charge in [-0.15, -0.1) is 11.3 Å². The minimum Gasteiger partial charge on any atom is -0.207 e. The fourth-order valence-corrected chi connectivity index (χ4v) is 4.62. The molecule has 0 aliphatic carbocycles. The molecule has 4 nitrogen and oxygen atoms in total. The van der Waals surface area contributed by atoms with Gasteiger partial charge in [0, 0.05) is 6.04 Å². The molecule has 1 aromatic heterocycles. The Hall–Kier alpha value is -0.130. The summed E-state index contributed by atoms with van der Waals surface area (Å²) in [5.41, 5.74) is 0. The molecule has 1 heterocycles. The molecule has 0 aliphatic heterocycles. The molecular formula is C8H8BrClN2O2S2. The zero-order valence-corrected chi connectivity index (χ0v) is 12.2. The number of nitrogens with zero attached hydrogens (tertiary/aromatic N) is 1. The summed E-state index contributed by atoms with van der Waals surface area (Å²) in [4.78, 5) is 0. The summed E-state index contributed by atoms with van der Waals surface area (Å²) in [5, 5.41) is 8.80. The SMILES string of the molecule is CC(CC#N)NS(=O)(=O)c1cc(Cl)c(Br)s1. The number of nitrogens with one attached hydrogen (secondary N) is 1. The van der Waals surface area contributed by atoms with Gasteiger partial charge in [0.15, 0.2) is 0 Å². The monoisotopic (exact) mass is 342 g/mol. The number of nitriles is 1. The molecule has 1 N–H and O–H groups in total. The molecule has 88 valence electrons. The van der Waals surface area contributed by atoms with Crippen molar-refractivity contribution in [2.45, 2.75) is 23.6 Å². The van der Waals surface area contributed by atoms with Crippen molar-refractivity contribution >= 4 is 48.9 Å². The van der Waals surface area contributed by atoms with Crippen LogP contribution in [0.25, 0.3) is 0 Å². The molecule has 1 rings (SSSR count). The normalized spacial score (nSPS) is 13.4. The standard InChI is InChI=1S/C8H8BrClN2O2S2/c1-5(2-3-11)12-16(13,14)7-4-6(10)8(9)15-7/h4-5,12H,2H2,1H3. The molecular weight excluding hydrogens is 336 g/mol. The van der Waals surface area contributed by atoms with Gasteiger partial charge < -0.3 is 0 Å². The van der Waals surface area contributed by atoms with Gasteiger partial charge in [0.05, 0.1) is 21.3 Å². The van der Waals surface area contributed by atoms with Crippen LogP contribution in [0.4, 0.5) is 0 Å². The van der Waals surface area contributed by atoms with E-state index < -0.39 is 16.1 Å². The Bertz CT molecular complexity index is 501. The zero-order chi connectivity index (χ0) is 12.3. The highest BCUT2D eigenvalue weighted by atomic mass is 79.9.